The van der Waals surface area contributed by atoms with Gasteiger partial charge in [-0.25, -0.2) is 4.98 Å². The number of hydrogen-bond acceptors (Lipinski definition) is 5. The van der Waals surface area contributed by atoms with Crippen LogP contribution >= 0.6 is 23.1 Å². The van der Waals surface area contributed by atoms with E-state index in [0.29, 0.717) is 23.4 Å². The third-order valence-corrected chi connectivity index (χ3v) is 7.12. The summed E-state index contributed by atoms with van der Waals surface area (Å²) >= 11 is 3.24. The highest BCUT2D eigenvalue weighted by Gasteiger charge is 2.25. The van der Waals surface area contributed by atoms with Crippen LogP contribution in [0.1, 0.15) is 30.7 Å². The summed E-state index contributed by atoms with van der Waals surface area (Å²) in [6.07, 6.45) is 4.99. The number of benzene rings is 1. The first-order valence-corrected chi connectivity index (χ1v) is 11.5. The zero-order chi connectivity index (χ0) is 19.7. The van der Waals surface area contributed by atoms with Crippen molar-refractivity contribution in [3.05, 3.63) is 57.7 Å². The molecule has 0 saturated carbocycles. The number of nitrogens with zero attached hydrogens (tertiary/aromatic N) is 2. The molecule has 2 aromatic heterocycles. The van der Waals surface area contributed by atoms with Crippen LogP contribution in [0.15, 0.2) is 46.9 Å². The number of rotatable bonds is 6. The number of thioether (sulfide) groups is 1. The Morgan fingerprint density at radius 3 is 2.89 bits per heavy atom. The number of thiophene rings is 1. The maximum Gasteiger partial charge on any atom is 0.267 e. The van der Waals surface area contributed by atoms with Crippen molar-refractivity contribution in [3.63, 3.8) is 0 Å². The molecule has 0 spiro atoms. The van der Waals surface area contributed by atoms with E-state index in [1.54, 1.807) is 27.7 Å². The van der Waals surface area contributed by atoms with Crippen molar-refractivity contribution in [2.24, 2.45) is 5.92 Å². The van der Waals surface area contributed by atoms with Gasteiger partial charge in [0.15, 0.2) is 5.16 Å². The molecule has 3 aromatic rings. The van der Waals surface area contributed by atoms with Gasteiger partial charge >= 0.3 is 0 Å². The van der Waals surface area contributed by atoms with E-state index < -0.39 is 0 Å². The summed E-state index contributed by atoms with van der Waals surface area (Å²) in [7, 11) is 0. The Morgan fingerprint density at radius 1 is 1.39 bits per heavy atom. The van der Waals surface area contributed by atoms with Crippen LogP contribution in [0.3, 0.4) is 0 Å². The van der Waals surface area contributed by atoms with Gasteiger partial charge in [-0.3, -0.25) is 9.36 Å². The Kier molecular flexibility index (Phi) is 5.60. The topological polar surface area (TPSA) is 44.1 Å². The van der Waals surface area contributed by atoms with E-state index >= 15 is 0 Å². The maximum atomic E-state index is 13.6. The van der Waals surface area contributed by atoms with Crippen LogP contribution in [-0.2, 0) is 12.8 Å². The molecule has 1 unspecified atom stereocenters. The summed E-state index contributed by atoms with van der Waals surface area (Å²) in [6.45, 7) is 8.67. The van der Waals surface area contributed by atoms with E-state index in [4.69, 9.17) is 9.72 Å². The van der Waals surface area contributed by atoms with Gasteiger partial charge in [-0.2, -0.15) is 0 Å². The Balaban J connectivity index is 1.90. The number of fused-ring (bicyclic) bond motifs is 3. The summed E-state index contributed by atoms with van der Waals surface area (Å²) in [5.41, 5.74) is 2.07. The molecule has 1 aromatic carbocycles. The standard InChI is InChI=1S/C22H24N2O2S2/c1-4-12-27-22-23-20-19(17-11-6-14(3)13-18(17)28-20)21(25)24(22)15-7-9-16(10-8-15)26-5-2/h4,7-10,14H,1,5-6,11-13H2,2-3H3. The van der Waals surface area contributed by atoms with Crippen LogP contribution in [0.4, 0.5) is 0 Å². The second-order valence-corrected chi connectivity index (χ2v) is 9.16. The van der Waals surface area contributed by atoms with Crippen molar-refractivity contribution in [1.29, 1.82) is 0 Å². The van der Waals surface area contributed by atoms with E-state index in [1.165, 1.54) is 10.4 Å². The average molecular weight is 413 g/mol. The highest BCUT2D eigenvalue weighted by Crippen LogP contribution is 2.37. The quantitative estimate of drug-likeness (QED) is 0.315. The Hall–Kier alpha value is -2.05. The molecule has 0 radical (unpaired) electrons. The van der Waals surface area contributed by atoms with Crippen LogP contribution in [0, 0.1) is 5.92 Å². The summed E-state index contributed by atoms with van der Waals surface area (Å²) in [5, 5.41) is 1.52. The third kappa shape index (κ3) is 3.51. The molecule has 0 amide bonds. The van der Waals surface area contributed by atoms with E-state index in [1.807, 2.05) is 37.3 Å². The Morgan fingerprint density at radius 2 is 2.18 bits per heavy atom. The number of hydrogen-bond donors (Lipinski definition) is 0. The van der Waals surface area contributed by atoms with Crippen molar-refractivity contribution in [2.45, 2.75) is 38.3 Å². The van der Waals surface area contributed by atoms with Gasteiger partial charge in [-0.15, -0.1) is 17.9 Å². The SMILES string of the molecule is C=CCSc1nc2sc3c(c2c(=O)n1-c1ccc(OCC)cc1)CCC(C)C3. The summed E-state index contributed by atoms with van der Waals surface area (Å²) in [6, 6.07) is 7.67. The second kappa shape index (κ2) is 8.13. The maximum absolute atomic E-state index is 13.6. The summed E-state index contributed by atoms with van der Waals surface area (Å²) in [4.78, 5) is 20.7. The fourth-order valence-electron chi connectivity index (χ4n) is 3.69. The highest BCUT2D eigenvalue weighted by molar-refractivity contribution is 7.99. The molecule has 146 valence electrons. The lowest BCUT2D eigenvalue weighted by molar-refractivity contribution is 0.340. The van der Waals surface area contributed by atoms with Crippen molar-refractivity contribution in [3.8, 4) is 11.4 Å². The van der Waals surface area contributed by atoms with E-state index in [2.05, 4.69) is 13.5 Å². The molecule has 0 bridgehead atoms. The largest absolute Gasteiger partial charge is 0.494 e. The number of ether oxygens (including phenoxy) is 1. The minimum atomic E-state index is 0.0350. The molecular formula is C22H24N2O2S2. The van der Waals surface area contributed by atoms with Gasteiger partial charge in [0, 0.05) is 10.6 Å². The average Bonchev–Trinajstić information content (AvgIpc) is 3.05. The Labute approximate surface area is 173 Å². The van der Waals surface area contributed by atoms with Gasteiger partial charge in [-0.1, -0.05) is 24.8 Å². The summed E-state index contributed by atoms with van der Waals surface area (Å²) < 4.78 is 7.29. The van der Waals surface area contributed by atoms with Crippen LogP contribution in [-0.4, -0.2) is 21.9 Å². The molecule has 2 heterocycles. The molecule has 0 N–H and O–H groups in total. The zero-order valence-electron chi connectivity index (χ0n) is 16.2. The Bertz CT molecular complexity index is 1070. The van der Waals surface area contributed by atoms with Gasteiger partial charge < -0.3 is 4.74 Å². The molecule has 1 aliphatic rings. The molecule has 0 aliphatic heterocycles. The predicted molar refractivity (Wildman–Crippen MR) is 118 cm³/mol. The lowest BCUT2D eigenvalue weighted by atomic mass is 9.89. The normalized spacial score (nSPS) is 16.1. The van der Waals surface area contributed by atoms with Crippen molar-refractivity contribution < 1.29 is 4.74 Å². The lowest BCUT2D eigenvalue weighted by Crippen LogP contribution is -2.22. The first-order valence-electron chi connectivity index (χ1n) is 9.66. The van der Waals surface area contributed by atoms with Crippen LogP contribution in [0.2, 0.25) is 0 Å². The minimum absolute atomic E-state index is 0.0350. The van der Waals surface area contributed by atoms with Crippen LogP contribution in [0.25, 0.3) is 15.9 Å². The third-order valence-electron chi connectivity index (χ3n) is 5.03. The van der Waals surface area contributed by atoms with Gasteiger partial charge in [0.05, 0.1) is 17.7 Å². The fourth-order valence-corrected chi connectivity index (χ4v) is 5.86. The zero-order valence-corrected chi connectivity index (χ0v) is 17.9. The van der Waals surface area contributed by atoms with Crippen molar-refractivity contribution in [2.75, 3.05) is 12.4 Å². The highest BCUT2D eigenvalue weighted by atomic mass is 32.2. The molecular weight excluding hydrogens is 388 g/mol. The molecule has 4 nitrogen and oxygen atoms in total. The second-order valence-electron chi connectivity index (χ2n) is 7.09. The smallest absolute Gasteiger partial charge is 0.267 e. The molecule has 28 heavy (non-hydrogen) atoms. The minimum Gasteiger partial charge on any atom is -0.494 e. The lowest BCUT2D eigenvalue weighted by Gasteiger charge is -2.18. The van der Waals surface area contributed by atoms with Crippen LogP contribution in [0.5, 0.6) is 5.75 Å². The van der Waals surface area contributed by atoms with Gasteiger partial charge in [0.2, 0.25) is 0 Å². The van der Waals surface area contributed by atoms with Gasteiger partial charge in [-0.05, 0) is 61.9 Å². The first-order chi connectivity index (χ1) is 13.6. The molecule has 4 rings (SSSR count). The molecule has 0 fully saturated rings. The van der Waals surface area contributed by atoms with E-state index in [-0.39, 0.29) is 5.56 Å². The van der Waals surface area contributed by atoms with Crippen molar-refractivity contribution in [1.82, 2.24) is 9.55 Å². The van der Waals surface area contributed by atoms with Crippen LogP contribution < -0.4 is 10.3 Å². The van der Waals surface area contributed by atoms with Gasteiger partial charge in [0.25, 0.3) is 5.56 Å². The predicted octanol–water partition coefficient (Wildman–Crippen LogP) is 5.25. The monoisotopic (exact) mass is 412 g/mol. The van der Waals surface area contributed by atoms with Gasteiger partial charge in [0.1, 0.15) is 10.6 Å². The molecule has 1 aliphatic carbocycles. The molecule has 0 saturated heterocycles. The van der Waals surface area contributed by atoms with E-state index in [0.717, 1.165) is 40.9 Å². The fraction of sp³-hybridized carbons (Fsp3) is 0.364. The molecule has 1 atom stereocenters. The van der Waals surface area contributed by atoms with E-state index in [9.17, 15) is 4.79 Å². The first kappa shape index (κ1) is 19.3. The number of aryl methyl sites for hydroxylation is 1. The number of aromatic nitrogens is 2. The van der Waals surface area contributed by atoms with Crippen molar-refractivity contribution >= 4 is 33.3 Å². The molecule has 6 heteroatoms. The summed E-state index contributed by atoms with van der Waals surface area (Å²) in [5.74, 6) is 2.18.